The molecule has 0 radical (unpaired) electrons. The molecule has 7 heteroatoms. The summed E-state index contributed by atoms with van der Waals surface area (Å²) in [5.41, 5.74) is 3.92. The van der Waals surface area contributed by atoms with Gasteiger partial charge < -0.3 is 10.1 Å². The number of carbonyl (C=O) groups excluding carboxylic acids is 1. The first kappa shape index (κ1) is 20.9. The van der Waals surface area contributed by atoms with Gasteiger partial charge in [-0.25, -0.2) is 13.1 Å². The molecule has 0 aliphatic heterocycles. The van der Waals surface area contributed by atoms with Crippen LogP contribution in [0.4, 0.5) is 5.69 Å². The summed E-state index contributed by atoms with van der Waals surface area (Å²) < 4.78 is 32.1. The van der Waals surface area contributed by atoms with Gasteiger partial charge in [0.25, 0.3) is 5.91 Å². The quantitative estimate of drug-likeness (QED) is 0.724. The molecule has 0 unspecified atom stereocenters. The molecule has 0 aliphatic rings. The van der Waals surface area contributed by atoms with E-state index < -0.39 is 10.0 Å². The van der Waals surface area contributed by atoms with Gasteiger partial charge in [-0.3, -0.25) is 4.79 Å². The molecule has 146 valence electrons. The molecule has 2 N–H and O–H groups in total. The SMILES string of the molecule is CCCNS(=O)(=O)c1ccc(OCC(=O)Nc2c(C)cc(C)cc2C)cc1. The number of hydrogen-bond donors (Lipinski definition) is 2. The molecule has 6 nitrogen and oxygen atoms in total. The van der Waals surface area contributed by atoms with E-state index in [0.717, 1.165) is 28.8 Å². The number of sulfonamides is 1. The van der Waals surface area contributed by atoms with Crippen LogP contribution >= 0.6 is 0 Å². The zero-order valence-corrected chi connectivity index (χ0v) is 16.9. The standard InChI is InChI=1S/C20H26N2O4S/c1-5-10-21-27(24,25)18-8-6-17(7-9-18)26-13-19(23)22-20-15(3)11-14(2)12-16(20)4/h6-9,11-12,21H,5,10,13H2,1-4H3,(H,22,23). The molecule has 2 aromatic carbocycles. The number of aryl methyl sites for hydroxylation is 3. The summed E-state index contributed by atoms with van der Waals surface area (Å²) >= 11 is 0. The molecule has 0 spiro atoms. The Bertz CT molecular complexity index is 883. The lowest BCUT2D eigenvalue weighted by Gasteiger charge is -2.13. The van der Waals surface area contributed by atoms with Crippen molar-refractivity contribution < 1.29 is 17.9 Å². The van der Waals surface area contributed by atoms with Crippen molar-refractivity contribution in [1.82, 2.24) is 4.72 Å². The Morgan fingerprint density at radius 1 is 1.04 bits per heavy atom. The van der Waals surface area contributed by atoms with Gasteiger partial charge in [-0.1, -0.05) is 24.6 Å². The highest BCUT2D eigenvalue weighted by molar-refractivity contribution is 7.89. The number of ether oxygens (including phenoxy) is 1. The monoisotopic (exact) mass is 390 g/mol. The predicted octanol–water partition coefficient (Wildman–Crippen LogP) is 3.32. The minimum atomic E-state index is -3.51. The molecule has 0 aromatic heterocycles. The minimum absolute atomic E-state index is 0.160. The lowest BCUT2D eigenvalue weighted by Crippen LogP contribution is -2.24. The Kier molecular flexibility index (Phi) is 6.98. The maximum Gasteiger partial charge on any atom is 0.262 e. The van der Waals surface area contributed by atoms with E-state index in [9.17, 15) is 13.2 Å². The first-order valence-corrected chi connectivity index (χ1v) is 10.3. The lowest BCUT2D eigenvalue weighted by atomic mass is 10.1. The van der Waals surface area contributed by atoms with Crippen LogP contribution in [-0.4, -0.2) is 27.5 Å². The van der Waals surface area contributed by atoms with E-state index in [1.54, 1.807) is 0 Å². The number of nitrogens with one attached hydrogen (secondary N) is 2. The van der Waals surface area contributed by atoms with E-state index >= 15 is 0 Å². The maximum atomic E-state index is 12.2. The van der Waals surface area contributed by atoms with Gasteiger partial charge in [-0.05, 0) is 62.6 Å². The Morgan fingerprint density at radius 3 is 2.19 bits per heavy atom. The fraction of sp³-hybridized carbons (Fsp3) is 0.350. The molecule has 0 atom stereocenters. The third-order valence-corrected chi connectivity index (χ3v) is 5.46. The van der Waals surface area contributed by atoms with Crippen LogP contribution in [-0.2, 0) is 14.8 Å². The minimum Gasteiger partial charge on any atom is -0.484 e. The molecule has 0 aliphatic carbocycles. The highest BCUT2D eigenvalue weighted by Gasteiger charge is 2.13. The van der Waals surface area contributed by atoms with Crippen molar-refractivity contribution in [3.63, 3.8) is 0 Å². The van der Waals surface area contributed by atoms with Gasteiger partial charge in [-0.15, -0.1) is 0 Å². The van der Waals surface area contributed by atoms with Crippen LogP contribution in [0.25, 0.3) is 0 Å². The van der Waals surface area contributed by atoms with E-state index in [1.165, 1.54) is 24.3 Å². The maximum absolute atomic E-state index is 12.2. The van der Waals surface area contributed by atoms with Crippen LogP contribution in [0.15, 0.2) is 41.3 Å². The number of carbonyl (C=O) groups is 1. The highest BCUT2D eigenvalue weighted by Crippen LogP contribution is 2.22. The summed E-state index contributed by atoms with van der Waals surface area (Å²) in [7, 11) is -3.51. The number of benzene rings is 2. The topological polar surface area (TPSA) is 84.5 Å². The summed E-state index contributed by atoms with van der Waals surface area (Å²) in [6.45, 7) is 8.02. The van der Waals surface area contributed by atoms with Gasteiger partial charge in [-0.2, -0.15) is 0 Å². The van der Waals surface area contributed by atoms with Crippen molar-refractivity contribution in [2.24, 2.45) is 0 Å². The van der Waals surface area contributed by atoms with Gasteiger partial charge in [0.2, 0.25) is 10.0 Å². The first-order chi connectivity index (χ1) is 12.7. The second kappa shape index (κ2) is 9.01. The molecule has 2 rings (SSSR count). The average molecular weight is 391 g/mol. The molecule has 1 amide bonds. The molecule has 0 fully saturated rings. The van der Waals surface area contributed by atoms with Gasteiger partial charge in [0.1, 0.15) is 5.75 Å². The van der Waals surface area contributed by atoms with E-state index in [0.29, 0.717) is 12.3 Å². The summed E-state index contributed by atoms with van der Waals surface area (Å²) in [6, 6.07) is 10.0. The van der Waals surface area contributed by atoms with Gasteiger partial charge >= 0.3 is 0 Å². The van der Waals surface area contributed by atoms with E-state index in [1.807, 2.05) is 39.8 Å². The Balaban J connectivity index is 1.96. The number of rotatable bonds is 8. The molecular formula is C20H26N2O4S. The van der Waals surface area contributed by atoms with Crippen LogP contribution in [0.1, 0.15) is 30.0 Å². The second-order valence-electron chi connectivity index (χ2n) is 6.48. The van der Waals surface area contributed by atoms with Crippen LogP contribution in [0.2, 0.25) is 0 Å². The molecule has 0 saturated carbocycles. The third kappa shape index (κ3) is 5.80. The fourth-order valence-electron chi connectivity index (χ4n) is 2.74. The molecule has 0 saturated heterocycles. The zero-order valence-electron chi connectivity index (χ0n) is 16.1. The largest absolute Gasteiger partial charge is 0.484 e. The summed E-state index contributed by atoms with van der Waals surface area (Å²) in [5.74, 6) is 0.156. The molecule has 0 heterocycles. The van der Waals surface area contributed by atoms with Gasteiger partial charge in [0, 0.05) is 12.2 Å². The van der Waals surface area contributed by atoms with E-state index in [4.69, 9.17) is 4.74 Å². The van der Waals surface area contributed by atoms with Crippen LogP contribution in [0.5, 0.6) is 5.75 Å². The highest BCUT2D eigenvalue weighted by atomic mass is 32.2. The Hall–Kier alpha value is -2.38. The molecule has 0 bridgehead atoms. The fourth-order valence-corrected chi connectivity index (χ4v) is 3.87. The van der Waals surface area contributed by atoms with Gasteiger partial charge in [0.15, 0.2) is 6.61 Å². The number of amides is 1. The second-order valence-corrected chi connectivity index (χ2v) is 8.25. The average Bonchev–Trinajstić information content (AvgIpc) is 2.61. The van der Waals surface area contributed by atoms with Crippen molar-refractivity contribution >= 4 is 21.6 Å². The van der Waals surface area contributed by atoms with Crippen molar-refractivity contribution in [3.8, 4) is 5.75 Å². The third-order valence-electron chi connectivity index (χ3n) is 3.99. The van der Waals surface area contributed by atoms with Crippen LogP contribution in [0.3, 0.4) is 0 Å². The van der Waals surface area contributed by atoms with Crippen molar-refractivity contribution in [2.45, 2.75) is 39.0 Å². The number of anilines is 1. The van der Waals surface area contributed by atoms with Crippen LogP contribution in [0, 0.1) is 20.8 Å². The normalized spacial score (nSPS) is 11.3. The van der Waals surface area contributed by atoms with E-state index in [-0.39, 0.29) is 17.4 Å². The Labute approximate surface area is 161 Å². The van der Waals surface area contributed by atoms with E-state index in [2.05, 4.69) is 10.0 Å². The summed E-state index contributed by atoms with van der Waals surface area (Å²) in [5, 5.41) is 2.86. The lowest BCUT2D eigenvalue weighted by molar-refractivity contribution is -0.118. The van der Waals surface area contributed by atoms with Crippen molar-refractivity contribution in [2.75, 3.05) is 18.5 Å². The predicted molar refractivity (Wildman–Crippen MR) is 107 cm³/mol. The van der Waals surface area contributed by atoms with Crippen molar-refractivity contribution in [3.05, 3.63) is 53.1 Å². The molecule has 2 aromatic rings. The smallest absolute Gasteiger partial charge is 0.262 e. The molecule has 27 heavy (non-hydrogen) atoms. The number of hydrogen-bond acceptors (Lipinski definition) is 4. The summed E-state index contributed by atoms with van der Waals surface area (Å²) in [6.07, 6.45) is 0.718. The first-order valence-electron chi connectivity index (χ1n) is 8.83. The van der Waals surface area contributed by atoms with Crippen molar-refractivity contribution in [1.29, 1.82) is 0 Å². The van der Waals surface area contributed by atoms with Gasteiger partial charge in [0.05, 0.1) is 4.90 Å². The molecular weight excluding hydrogens is 364 g/mol. The summed E-state index contributed by atoms with van der Waals surface area (Å²) in [4.78, 5) is 12.3. The Morgan fingerprint density at radius 2 is 1.63 bits per heavy atom. The van der Waals surface area contributed by atoms with Crippen LogP contribution < -0.4 is 14.8 Å². The zero-order chi connectivity index (χ0) is 20.0.